The van der Waals surface area contributed by atoms with Crippen LogP contribution in [0.25, 0.3) is 0 Å². The van der Waals surface area contributed by atoms with Crippen LogP contribution in [-0.2, 0) is 4.79 Å². The van der Waals surface area contributed by atoms with E-state index in [0.717, 1.165) is 5.92 Å². The van der Waals surface area contributed by atoms with Crippen molar-refractivity contribution in [2.45, 2.75) is 52.9 Å². The SMILES string of the molecule is CC1C(=O)C(C)C2CCC3CCCC=C3C2C1C. The summed E-state index contributed by atoms with van der Waals surface area (Å²) in [5, 5.41) is 0. The van der Waals surface area contributed by atoms with Gasteiger partial charge in [0.2, 0.25) is 0 Å². The Morgan fingerprint density at radius 3 is 2.61 bits per heavy atom. The molecule has 2 saturated carbocycles. The van der Waals surface area contributed by atoms with Crippen LogP contribution < -0.4 is 0 Å². The van der Waals surface area contributed by atoms with E-state index < -0.39 is 0 Å². The molecule has 3 rings (SSSR count). The van der Waals surface area contributed by atoms with E-state index in [0.29, 0.717) is 29.5 Å². The van der Waals surface area contributed by atoms with Crippen molar-refractivity contribution in [3.63, 3.8) is 0 Å². The van der Waals surface area contributed by atoms with Gasteiger partial charge in [0.15, 0.2) is 0 Å². The van der Waals surface area contributed by atoms with Crippen LogP contribution in [0, 0.1) is 35.5 Å². The summed E-state index contributed by atoms with van der Waals surface area (Å²) in [7, 11) is 0. The van der Waals surface area contributed by atoms with E-state index in [9.17, 15) is 4.79 Å². The summed E-state index contributed by atoms with van der Waals surface area (Å²) in [5.41, 5.74) is 1.75. The summed E-state index contributed by atoms with van der Waals surface area (Å²) in [6, 6.07) is 0. The second-order valence-corrected chi connectivity index (χ2v) is 6.94. The Kier molecular flexibility index (Phi) is 3.11. The molecule has 2 fully saturated rings. The maximum Gasteiger partial charge on any atom is 0.139 e. The van der Waals surface area contributed by atoms with Crippen molar-refractivity contribution in [1.82, 2.24) is 0 Å². The van der Waals surface area contributed by atoms with Crippen LogP contribution in [0.2, 0.25) is 0 Å². The Morgan fingerprint density at radius 1 is 1.06 bits per heavy atom. The molecule has 0 spiro atoms. The van der Waals surface area contributed by atoms with Crippen molar-refractivity contribution >= 4 is 5.78 Å². The summed E-state index contributed by atoms with van der Waals surface area (Å²) in [6.07, 6.45) is 9.22. The van der Waals surface area contributed by atoms with Crippen LogP contribution in [0.4, 0.5) is 0 Å². The number of allylic oxidation sites excluding steroid dienone is 2. The topological polar surface area (TPSA) is 17.1 Å². The maximum atomic E-state index is 12.3. The van der Waals surface area contributed by atoms with Gasteiger partial charge in [0.25, 0.3) is 0 Å². The lowest BCUT2D eigenvalue weighted by Crippen LogP contribution is -2.47. The third kappa shape index (κ3) is 1.70. The highest BCUT2D eigenvalue weighted by Gasteiger charge is 2.48. The number of carbonyl (C=O) groups excluding carboxylic acids is 1. The standard InChI is InChI=1S/C17H26O/c1-10-11(2)17(18)12(3)14-9-8-13-6-4-5-7-15(13)16(10)14/h7,10-14,16H,4-6,8-9H2,1-3H3. The Morgan fingerprint density at radius 2 is 1.83 bits per heavy atom. The van der Waals surface area contributed by atoms with Gasteiger partial charge in [-0.05, 0) is 55.8 Å². The van der Waals surface area contributed by atoms with E-state index in [1.54, 1.807) is 5.57 Å². The van der Waals surface area contributed by atoms with Crippen LogP contribution in [0.5, 0.6) is 0 Å². The summed E-state index contributed by atoms with van der Waals surface area (Å²) < 4.78 is 0. The van der Waals surface area contributed by atoms with Gasteiger partial charge in [-0.25, -0.2) is 0 Å². The van der Waals surface area contributed by atoms with Crippen molar-refractivity contribution < 1.29 is 4.79 Å². The first-order chi connectivity index (χ1) is 8.61. The molecule has 0 saturated heterocycles. The lowest BCUT2D eigenvalue weighted by molar-refractivity contribution is -0.136. The summed E-state index contributed by atoms with van der Waals surface area (Å²) in [5.74, 6) is 3.86. The van der Waals surface area contributed by atoms with E-state index >= 15 is 0 Å². The first-order valence-corrected chi connectivity index (χ1v) is 7.85. The number of Topliss-reactive ketones (excluding diaryl/α,β-unsaturated/α-hetero) is 1. The number of fused-ring (bicyclic) bond motifs is 3. The van der Waals surface area contributed by atoms with Crippen molar-refractivity contribution in [2.24, 2.45) is 35.5 Å². The van der Waals surface area contributed by atoms with Gasteiger partial charge in [0.05, 0.1) is 0 Å². The lowest BCUT2D eigenvalue weighted by atomic mass is 9.53. The van der Waals surface area contributed by atoms with Gasteiger partial charge in [-0.1, -0.05) is 32.4 Å². The van der Waals surface area contributed by atoms with Crippen molar-refractivity contribution in [2.75, 3.05) is 0 Å². The molecule has 0 amide bonds. The minimum atomic E-state index is 0.267. The van der Waals surface area contributed by atoms with Crippen molar-refractivity contribution in [3.8, 4) is 0 Å². The van der Waals surface area contributed by atoms with Gasteiger partial charge >= 0.3 is 0 Å². The molecule has 100 valence electrons. The number of rotatable bonds is 0. The fraction of sp³-hybridized carbons (Fsp3) is 0.824. The van der Waals surface area contributed by atoms with Gasteiger partial charge < -0.3 is 0 Å². The number of ketones is 1. The first kappa shape index (κ1) is 12.4. The second-order valence-electron chi connectivity index (χ2n) is 6.94. The highest BCUT2D eigenvalue weighted by molar-refractivity contribution is 5.84. The zero-order chi connectivity index (χ0) is 12.9. The largest absolute Gasteiger partial charge is 0.299 e. The molecule has 0 aromatic rings. The number of carbonyl (C=O) groups is 1. The molecule has 0 aromatic carbocycles. The average Bonchev–Trinajstić information content (AvgIpc) is 2.41. The predicted octanol–water partition coefficient (Wildman–Crippen LogP) is 4.23. The third-order valence-electron chi connectivity index (χ3n) is 6.20. The summed E-state index contributed by atoms with van der Waals surface area (Å²) >= 11 is 0. The fourth-order valence-corrected chi connectivity index (χ4v) is 4.96. The smallest absolute Gasteiger partial charge is 0.139 e. The van der Waals surface area contributed by atoms with E-state index in [2.05, 4.69) is 26.8 Å². The molecule has 6 atom stereocenters. The quantitative estimate of drug-likeness (QED) is 0.585. The van der Waals surface area contributed by atoms with Crippen LogP contribution in [0.3, 0.4) is 0 Å². The van der Waals surface area contributed by atoms with Gasteiger partial charge in [-0.3, -0.25) is 4.79 Å². The average molecular weight is 246 g/mol. The van der Waals surface area contributed by atoms with Crippen LogP contribution in [0.15, 0.2) is 11.6 Å². The molecular formula is C17H26O. The molecular weight excluding hydrogens is 220 g/mol. The Balaban J connectivity index is 1.96. The molecule has 18 heavy (non-hydrogen) atoms. The molecule has 0 N–H and O–H groups in total. The zero-order valence-electron chi connectivity index (χ0n) is 12.0. The lowest BCUT2D eigenvalue weighted by Gasteiger charge is -2.50. The molecule has 0 heterocycles. The molecule has 6 unspecified atom stereocenters. The third-order valence-corrected chi connectivity index (χ3v) is 6.20. The fourth-order valence-electron chi connectivity index (χ4n) is 4.96. The summed E-state index contributed by atoms with van der Waals surface area (Å²) in [4.78, 5) is 12.3. The Labute approximate surface area is 111 Å². The van der Waals surface area contributed by atoms with Crippen molar-refractivity contribution in [3.05, 3.63) is 11.6 Å². The van der Waals surface area contributed by atoms with Gasteiger partial charge in [-0.15, -0.1) is 0 Å². The van der Waals surface area contributed by atoms with E-state index in [4.69, 9.17) is 0 Å². The maximum absolute atomic E-state index is 12.3. The summed E-state index contributed by atoms with van der Waals surface area (Å²) in [6.45, 7) is 6.67. The Hall–Kier alpha value is -0.590. The molecule has 1 nitrogen and oxygen atoms in total. The van der Waals surface area contributed by atoms with Crippen LogP contribution in [0.1, 0.15) is 52.9 Å². The van der Waals surface area contributed by atoms with Crippen molar-refractivity contribution in [1.29, 1.82) is 0 Å². The minimum absolute atomic E-state index is 0.267. The highest BCUT2D eigenvalue weighted by Crippen LogP contribution is 2.53. The first-order valence-electron chi connectivity index (χ1n) is 7.85. The normalized spacial score (nSPS) is 48.2. The molecule has 1 heteroatoms. The number of hydrogen-bond donors (Lipinski definition) is 0. The predicted molar refractivity (Wildman–Crippen MR) is 74.1 cm³/mol. The molecule has 3 aliphatic rings. The zero-order valence-corrected chi connectivity index (χ0v) is 12.0. The van der Waals surface area contributed by atoms with E-state index in [-0.39, 0.29) is 5.92 Å². The molecule has 0 aliphatic heterocycles. The van der Waals surface area contributed by atoms with E-state index in [1.807, 2.05) is 0 Å². The van der Waals surface area contributed by atoms with Crippen LogP contribution >= 0.6 is 0 Å². The minimum Gasteiger partial charge on any atom is -0.299 e. The Bertz CT molecular complexity index is 381. The monoisotopic (exact) mass is 246 g/mol. The second kappa shape index (κ2) is 4.51. The number of hydrogen-bond acceptors (Lipinski definition) is 1. The molecule has 3 aliphatic carbocycles. The van der Waals surface area contributed by atoms with Gasteiger partial charge in [-0.2, -0.15) is 0 Å². The molecule has 0 aromatic heterocycles. The van der Waals surface area contributed by atoms with Gasteiger partial charge in [0.1, 0.15) is 5.78 Å². The molecule has 0 radical (unpaired) electrons. The van der Waals surface area contributed by atoms with Gasteiger partial charge in [0, 0.05) is 11.8 Å². The molecule has 0 bridgehead atoms. The highest BCUT2D eigenvalue weighted by atomic mass is 16.1. The van der Waals surface area contributed by atoms with E-state index in [1.165, 1.54) is 32.1 Å². The van der Waals surface area contributed by atoms with Crippen LogP contribution in [-0.4, -0.2) is 5.78 Å².